The summed E-state index contributed by atoms with van der Waals surface area (Å²) >= 11 is 0.956. The van der Waals surface area contributed by atoms with Gasteiger partial charge in [0, 0.05) is 17.7 Å². The maximum atomic E-state index is 13.0. The molecule has 2 aliphatic rings. The van der Waals surface area contributed by atoms with Crippen molar-refractivity contribution < 1.29 is 31.9 Å². The number of nitrogens with one attached hydrogen (secondary N) is 1. The third-order valence-corrected chi connectivity index (χ3v) is 5.70. The van der Waals surface area contributed by atoms with Crippen molar-refractivity contribution in [1.29, 1.82) is 5.41 Å². The number of furan rings is 1. The molecule has 2 aromatic carbocycles. The molecule has 1 aromatic heterocycles. The van der Waals surface area contributed by atoms with Gasteiger partial charge in [0.1, 0.15) is 11.5 Å². The van der Waals surface area contributed by atoms with E-state index in [9.17, 15) is 18.0 Å². The van der Waals surface area contributed by atoms with Crippen LogP contribution in [0.25, 0.3) is 17.4 Å². The van der Waals surface area contributed by atoms with Crippen LogP contribution >= 0.6 is 11.8 Å². The summed E-state index contributed by atoms with van der Waals surface area (Å²) < 4.78 is 55.1. The van der Waals surface area contributed by atoms with E-state index in [1.165, 1.54) is 29.2 Å². The smallest absolute Gasteiger partial charge is 0.416 e. The van der Waals surface area contributed by atoms with Gasteiger partial charge < -0.3 is 13.9 Å². The Balaban J connectivity index is 1.40. The Hall–Kier alpha value is -3.66. The molecule has 1 amide bonds. The fraction of sp³-hybridized carbons (Fsp3) is 0.0909. The highest BCUT2D eigenvalue weighted by Gasteiger charge is 2.35. The average Bonchev–Trinajstić information content (AvgIpc) is 3.47. The van der Waals surface area contributed by atoms with Crippen LogP contribution in [-0.4, -0.2) is 17.9 Å². The number of amides is 1. The number of benzene rings is 2. The molecule has 1 fully saturated rings. The lowest BCUT2D eigenvalue weighted by molar-refractivity contribution is -0.137. The zero-order valence-corrected chi connectivity index (χ0v) is 16.9. The Kier molecular flexibility index (Phi) is 4.74. The van der Waals surface area contributed by atoms with E-state index in [4.69, 9.17) is 19.3 Å². The normalized spacial score (nSPS) is 17.0. The minimum atomic E-state index is -4.46. The summed E-state index contributed by atoms with van der Waals surface area (Å²) in [5.74, 6) is 1.15. The van der Waals surface area contributed by atoms with E-state index in [2.05, 4.69) is 0 Å². The van der Waals surface area contributed by atoms with Crippen LogP contribution in [0.15, 0.2) is 63.9 Å². The molecule has 32 heavy (non-hydrogen) atoms. The first-order valence-corrected chi connectivity index (χ1v) is 10.1. The van der Waals surface area contributed by atoms with Gasteiger partial charge in [0.15, 0.2) is 16.7 Å². The predicted molar refractivity (Wildman–Crippen MR) is 112 cm³/mol. The van der Waals surface area contributed by atoms with E-state index < -0.39 is 17.6 Å². The standard InChI is InChI=1S/C22H13F3N2O4S/c23-22(24,25)13-3-1-2-12(8-13)16-7-5-15(31-16)10-19-20(28)27(21(26)32-19)14-4-6-17-18(9-14)30-11-29-17/h1-10,26H,11H2/b19-10-,26-21?. The molecule has 10 heteroatoms. The van der Waals surface area contributed by atoms with Crippen molar-refractivity contribution in [3.8, 4) is 22.8 Å². The van der Waals surface area contributed by atoms with Gasteiger partial charge in [-0.15, -0.1) is 0 Å². The van der Waals surface area contributed by atoms with Crippen molar-refractivity contribution in [2.75, 3.05) is 11.7 Å². The summed E-state index contributed by atoms with van der Waals surface area (Å²) in [5, 5.41) is 8.21. The number of alkyl halides is 3. The summed E-state index contributed by atoms with van der Waals surface area (Å²) in [4.78, 5) is 14.4. The molecule has 3 heterocycles. The van der Waals surface area contributed by atoms with Gasteiger partial charge in [0.25, 0.3) is 5.91 Å². The third-order valence-electron chi connectivity index (χ3n) is 4.81. The number of carbonyl (C=O) groups is 1. The fourth-order valence-corrected chi connectivity index (χ4v) is 4.15. The van der Waals surface area contributed by atoms with Crippen molar-refractivity contribution in [3.63, 3.8) is 0 Å². The van der Waals surface area contributed by atoms with Gasteiger partial charge in [-0.2, -0.15) is 13.2 Å². The van der Waals surface area contributed by atoms with Gasteiger partial charge in [-0.1, -0.05) is 12.1 Å². The topological polar surface area (TPSA) is 75.8 Å². The van der Waals surface area contributed by atoms with Crippen LogP contribution in [0.3, 0.4) is 0 Å². The first-order valence-electron chi connectivity index (χ1n) is 9.29. The van der Waals surface area contributed by atoms with Crippen molar-refractivity contribution in [1.82, 2.24) is 0 Å². The van der Waals surface area contributed by atoms with E-state index in [1.807, 2.05) is 0 Å². The second-order valence-corrected chi connectivity index (χ2v) is 7.91. The van der Waals surface area contributed by atoms with Crippen LogP contribution in [0.1, 0.15) is 11.3 Å². The van der Waals surface area contributed by atoms with E-state index in [-0.39, 0.29) is 33.9 Å². The van der Waals surface area contributed by atoms with E-state index in [0.29, 0.717) is 17.2 Å². The van der Waals surface area contributed by atoms with Crippen molar-refractivity contribution in [3.05, 3.63) is 70.8 Å². The molecule has 1 saturated heterocycles. The highest BCUT2D eigenvalue weighted by atomic mass is 32.2. The molecule has 162 valence electrons. The molecule has 0 unspecified atom stereocenters. The molecular weight excluding hydrogens is 445 g/mol. The third kappa shape index (κ3) is 3.62. The number of carbonyl (C=O) groups excluding carboxylic acids is 1. The van der Waals surface area contributed by atoms with Gasteiger partial charge in [0.05, 0.1) is 16.2 Å². The van der Waals surface area contributed by atoms with Gasteiger partial charge in [-0.3, -0.25) is 15.1 Å². The average molecular weight is 458 g/mol. The molecular formula is C22H13F3N2O4S. The molecule has 1 N–H and O–H groups in total. The second-order valence-electron chi connectivity index (χ2n) is 6.87. The Labute approximate surface area is 183 Å². The number of thioether (sulfide) groups is 1. The molecule has 0 aliphatic carbocycles. The largest absolute Gasteiger partial charge is 0.457 e. The minimum absolute atomic E-state index is 0.00442. The van der Waals surface area contributed by atoms with Crippen LogP contribution in [0.5, 0.6) is 11.5 Å². The number of rotatable bonds is 3. The number of ether oxygens (including phenoxy) is 2. The molecule has 0 atom stereocenters. The number of hydrogen-bond acceptors (Lipinski definition) is 6. The SMILES string of the molecule is N=C1S/C(=C\c2ccc(-c3cccc(C(F)(F)F)c3)o2)C(=O)N1c1ccc2c(c1)OCO2. The Morgan fingerprint density at radius 3 is 2.66 bits per heavy atom. The van der Waals surface area contributed by atoms with Crippen LogP contribution in [-0.2, 0) is 11.0 Å². The monoisotopic (exact) mass is 458 g/mol. The highest BCUT2D eigenvalue weighted by Crippen LogP contribution is 2.40. The zero-order valence-electron chi connectivity index (χ0n) is 16.1. The first kappa shape index (κ1) is 20.3. The zero-order chi connectivity index (χ0) is 22.5. The van der Waals surface area contributed by atoms with E-state index in [0.717, 1.165) is 23.9 Å². The summed E-state index contributed by atoms with van der Waals surface area (Å²) in [5.41, 5.74) is -0.0468. The van der Waals surface area contributed by atoms with Gasteiger partial charge in [0.2, 0.25) is 6.79 Å². The summed E-state index contributed by atoms with van der Waals surface area (Å²) in [7, 11) is 0. The summed E-state index contributed by atoms with van der Waals surface area (Å²) in [6, 6.07) is 12.8. The van der Waals surface area contributed by atoms with Crippen LogP contribution in [0, 0.1) is 5.41 Å². The summed E-state index contributed by atoms with van der Waals surface area (Å²) in [6.45, 7) is 0.0940. The van der Waals surface area contributed by atoms with Crippen LogP contribution in [0.4, 0.5) is 18.9 Å². The Morgan fingerprint density at radius 1 is 1.03 bits per heavy atom. The lowest BCUT2D eigenvalue weighted by Crippen LogP contribution is -2.28. The number of halogens is 3. The highest BCUT2D eigenvalue weighted by molar-refractivity contribution is 8.19. The van der Waals surface area contributed by atoms with E-state index >= 15 is 0 Å². The molecule has 2 aliphatic heterocycles. The van der Waals surface area contributed by atoms with Gasteiger partial charge in [-0.25, -0.2) is 0 Å². The minimum Gasteiger partial charge on any atom is -0.457 e. The quantitative estimate of drug-likeness (QED) is 0.506. The molecule has 0 spiro atoms. The van der Waals surface area contributed by atoms with Crippen molar-refractivity contribution >= 4 is 34.6 Å². The lowest BCUT2D eigenvalue weighted by Gasteiger charge is -2.14. The summed E-state index contributed by atoms with van der Waals surface area (Å²) in [6.07, 6.45) is -3.00. The number of amidine groups is 1. The molecule has 5 rings (SSSR count). The fourth-order valence-electron chi connectivity index (χ4n) is 3.31. The number of hydrogen-bond donors (Lipinski definition) is 1. The van der Waals surface area contributed by atoms with Gasteiger partial charge in [-0.05, 0) is 48.2 Å². The Bertz CT molecular complexity index is 1280. The number of anilines is 1. The Morgan fingerprint density at radius 2 is 1.84 bits per heavy atom. The maximum absolute atomic E-state index is 13.0. The lowest BCUT2D eigenvalue weighted by atomic mass is 10.1. The van der Waals surface area contributed by atoms with Crippen LogP contribution < -0.4 is 14.4 Å². The first-order chi connectivity index (χ1) is 15.3. The van der Waals surface area contributed by atoms with Crippen LogP contribution in [0.2, 0.25) is 0 Å². The van der Waals surface area contributed by atoms with E-state index in [1.54, 1.807) is 24.3 Å². The predicted octanol–water partition coefficient (Wildman–Crippen LogP) is 5.75. The second kappa shape index (κ2) is 7.49. The molecule has 0 radical (unpaired) electrons. The van der Waals surface area contributed by atoms with Crippen molar-refractivity contribution in [2.45, 2.75) is 6.18 Å². The molecule has 0 bridgehead atoms. The molecule has 3 aromatic rings. The van der Waals surface area contributed by atoms with Gasteiger partial charge >= 0.3 is 6.18 Å². The molecule has 6 nitrogen and oxygen atoms in total. The number of nitrogens with zero attached hydrogens (tertiary/aromatic N) is 1. The number of fused-ring (bicyclic) bond motifs is 1. The van der Waals surface area contributed by atoms with Crippen molar-refractivity contribution in [2.24, 2.45) is 0 Å². The molecule has 0 saturated carbocycles. The maximum Gasteiger partial charge on any atom is 0.416 e.